The maximum atomic E-state index is 12.5. The number of carbonyl (C=O) groups is 4. The summed E-state index contributed by atoms with van der Waals surface area (Å²) >= 11 is 0. The molecule has 8 nitrogen and oxygen atoms in total. The van der Waals surface area contributed by atoms with Crippen LogP contribution in [-0.2, 0) is 23.9 Å². The van der Waals surface area contributed by atoms with Gasteiger partial charge in [0.05, 0.1) is 6.61 Å². The molecule has 1 aliphatic rings. The van der Waals surface area contributed by atoms with Crippen LogP contribution in [0.3, 0.4) is 0 Å². The number of carboxylic acid groups (broad SMARTS) is 1. The van der Waals surface area contributed by atoms with E-state index in [2.05, 4.69) is 0 Å². The first-order chi connectivity index (χ1) is 11.1. The van der Waals surface area contributed by atoms with Crippen molar-refractivity contribution in [2.24, 2.45) is 5.92 Å². The van der Waals surface area contributed by atoms with E-state index in [-0.39, 0.29) is 19.4 Å². The second-order valence-electron chi connectivity index (χ2n) is 6.68. The van der Waals surface area contributed by atoms with Gasteiger partial charge in [-0.2, -0.15) is 0 Å². The molecule has 2 atom stereocenters. The van der Waals surface area contributed by atoms with Crippen molar-refractivity contribution < 1.29 is 33.8 Å². The molecular weight excluding hydrogens is 318 g/mol. The maximum absolute atomic E-state index is 12.5. The maximum Gasteiger partial charge on any atom is 0.417 e. The van der Waals surface area contributed by atoms with Gasteiger partial charge in [0, 0.05) is 12.3 Å². The second-order valence-corrected chi connectivity index (χ2v) is 6.68. The van der Waals surface area contributed by atoms with Crippen molar-refractivity contribution in [3.05, 3.63) is 0 Å². The normalized spacial score (nSPS) is 20.8. The molecule has 1 fully saturated rings. The van der Waals surface area contributed by atoms with E-state index in [9.17, 15) is 19.2 Å². The number of amides is 2. The Morgan fingerprint density at radius 1 is 1.29 bits per heavy atom. The minimum atomic E-state index is -1.03. The van der Waals surface area contributed by atoms with Gasteiger partial charge in [0.25, 0.3) is 0 Å². The Labute approximate surface area is 141 Å². The number of nitrogens with zero attached hydrogens (tertiary/aromatic N) is 1. The van der Waals surface area contributed by atoms with Gasteiger partial charge in [-0.3, -0.25) is 9.59 Å². The Morgan fingerprint density at radius 3 is 2.42 bits per heavy atom. The number of esters is 1. The molecule has 0 aromatic carbocycles. The van der Waals surface area contributed by atoms with Gasteiger partial charge in [0.1, 0.15) is 11.6 Å². The van der Waals surface area contributed by atoms with Crippen LogP contribution >= 0.6 is 0 Å². The Hall–Kier alpha value is -2.12. The minimum Gasteiger partial charge on any atom is -0.481 e. The van der Waals surface area contributed by atoms with Crippen LogP contribution in [0.2, 0.25) is 0 Å². The number of hydrogen-bond acceptors (Lipinski definition) is 6. The lowest BCUT2D eigenvalue weighted by atomic mass is 9.98. The predicted molar refractivity (Wildman–Crippen MR) is 83.1 cm³/mol. The van der Waals surface area contributed by atoms with E-state index < -0.39 is 41.5 Å². The van der Waals surface area contributed by atoms with E-state index in [4.69, 9.17) is 14.6 Å². The van der Waals surface area contributed by atoms with Gasteiger partial charge in [-0.05, 0) is 47.0 Å². The first-order valence-electron chi connectivity index (χ1n) is 8.01. The predicted octanol–water partition coefficient (Wildman–Crippen LogP) is 1.96. The third kappa shape index (κ3) is 5.50. The van der Waals surface area contributed by atoms with E-state index in [0.717, 1.165) is 4.90 Å². The SMILES string of the molecule is CCOC(=O)[C@@H]1C[C@@H](CCCC(=O)O)C(=O)N1C(=O)OC(C)(C)C. The van der Waals surface area contributed by atoms with Gasteiger partial charge in [0.2, 0.25) is 5.91 Å². The summed E-state index contributed by atoms with van der Waals surface area (Å²) in [6.45, 7) is 6.76. The van der Waals surface area contributed by atoms with Gasteiger partial charge in [-0.25, -0.2) is 14.5 Å². The first-order valence-corrected chi connectivity index (χ1v) is 8.01. The quantitative estimate of drug-likeness (QED) is 0.734. The Morgan fingerprint density at radius 2 is 1.92 bits per heavy atom. The summed E-state index contributed by atoms with van der Waals surface area (Å²) in [5.41, 5.74) is -0.808. The molecule has 8 heteroatoms. The fourth-order valence-electron chi connectivity index (χ4n) is 2.54. The highest BCUT2D eigenvalue weighted by atomic mass is 16.6. The largest absolute Gasteiger partial charge is 0.481 e. The van der Waals surface area contributed by atoms with E-state index in [1.165, 1.54) is 0 Å². The van der Waals surface area contributed by atoms with Gasteiger partial charge in [0.15, 0.2) is 0 Å². The number of carbonyl (C=O) groups excluding carboxylic acids is 3. The van der Waals surface area contributed by atoms with E-state index in [1.54, 1.807) is 27.7 Å². The lowest BCUT2D eigenvalue weighted by Gasteiger charge is -2.26. The van der Waals surface area contributed by atoms with Gasteiger partial charge >= 0.3 is 18.0 Å². The number of ether oxygens (including phenoxy) is 2. The third-order valence-corrected chi connectivity index (χ3v) is 3.50. The molecule has 1 rings (SSSR count). The molecule has 0 aromatic heterocycles. The highest BCUT2D eigenvalue weighted by Gasteiger charge is 2.48. The molecule has 0 aromatic rings. The Bertz CT molecular complexity index is 509. The van der Waals surface area contributed by atoms with Crippen molar-refractivity contribution in [2.75, 3.05) is 6.61 Å². The zero-order valence-corrected chi connectivity index (χ0v) is 14.5. The van der Waals surface area contributed by atoms with Gasteiger partial charge < -0.3 is 14.6 Å². The molecule has 0 radical (unpaired) electrons. The molecule has 24 heavy (non-hydrogen) atoms. The molecule has 1 N–H and O–H groups in total. The Balaban J connectivity index is 2.89. The number of hydrogen-bond donors (Lipinski definition) is 1. The Kier molecular flexibility index (Phi) is 6.74. The van der Waals surface area contributed by atoms with E-state index >= 15 is 0 Å². The highest BCUT2D eigenvalue weighted by molar-refractivity contribution is 6.00. The van der Waals surface area contributed by atoms with Crippen LogP contribution in [0.5, 0.6) is 0 Å². The van der Waals surface area contributed by atoms with Crippen LogP contribution < -0.4 is 0 Å². The second kappa shape index (κ2) is 8.12. The van der Waals surface area contributed by atoms with Crippen LogP contribution in [0.4, 0.5) is 4.79 Å². The number of likely N-dealkylation sites (tertiary alicyclic amines) is 1. The summed E-state index contributed by atoms with van der Waals surface area (Å²) in [4.78, 5) is 48.3. The zero-order valence-electron chi connectivity index (χ0n) is 14.5. The van der Waals surface area contributed by atoms with Gasteiger partial charge in [-0.1, -0.05) is 0 Å². The summed E-state index contributed by atoms with van der Waals surface area (Å²) in [6, 6.07) is -1.03. The average molecular weight is 343 g/mol. The number of aliphatic carboxylic acids is 1. The molecule has 0 aliphatic carbocycles. The first kappa shape index (κ1) is 19.9. The molecule has 136 valence electrons. The van der Waals surface area contributed by atoms with Crippen LogP contribution in [0.15, 0.2) is 0 Å². The highest BCUT2D eigenvalue weighted by Crippen LogP contribution is 2.31. The molecule has 0 bridgehead atoms. The monoisotopic (exact) mass is 343 g/mol. The van der Waals surface area contributed by atoms with Crippen LogP contribution in [0, 0.1) is 5.92 Å². The molecule has 1 aliphatic heterocycles. The summed E-state index contributed by atoms with van der Waals surface area (Å²) in [5.74, 6) is -2.72. The topological polar surface area (TPSA) is 110 Å². The molecule has 0 saturated carbocycles. The van der Waals surface area contributed by atoms with Crippen LogP contribution in [-0.4, -0.2) is 52.2 Å². The molecule has 1 saturated heterocycles. The lowest BCUT2D eigenvalue weighted by Crippen LogP contribution is -2.46. The van der Waals surface area contributed by atoms with Crippen molar-refractivity contribution in [1.29, 1.82) is 0 Å². The zero-order chi connectivity index (χ0) is 18.5. The standard InChI is InChI=1S/C16H25NO7/c1-5-23-14(21)11-9-10(7-6-8-12(18)19)13(20)17(11)15(22)24-16(2,3)4/h10-11H,5-9H2,1-4H3,(H,18,19)/t10-,11+/m1/s1. The molecule has 0 unspecified atom stereocenters. The summed E-state index contributed by atoms with van der Waals surface area (Å²) in [7, 11) is 0. The fraction of sp³-hybridized carbons (Fsp3) is 0.750. The molecule has 2 amide bonds. The van der Waals surface area contributed by atoms with E-state index in [1.807, 2.05) is 0 Å². The fourth-order valence-corrected chi connectivity index (χ4v) is 2.54. The average Bonchev–Trinajstić information content (AvgIpc) is 2.74. The van der Waals surface area contributed by atoms with Crippen molar-refractivity contribution in [3.63, 3.8) is 0 Å². The van der Waals surface area contributed by atoms with Gasteiger partial charge in [-0.15, -0.1) is 0 Å². The lowest BCUT2D eigenvalue weighted by molar-refractivity contribution is -0.151. The minimum absolute atomic E-state index is 0.0692. The van der Waals surface area contributed by atoms with Crippen molar-refractivity contribution >= 4 is 23.9 Å². The van der Waals surface area contributed by atoms with Crippen LogP contribution in [0.25, 0.3) is 0 Å². The number of imide groups is 1. The molecule has 0 spiro atoms. The van der Waals surface area contributed by atoms with Crippen molar-refractivity contribution in [1.82, 2.24) is 4.90 Å². The van der Waals surface area contributed by atoms with Crippen LogP contribution in [0.1, 0.15) is 53.4 Å². The summed E-state index contributed by atoms with van der Waals surface area (Å²) in [6.07, 6.45) is -0.244. The number of rotatable bonds is 6. The molecular formula is C16H25NO7. The smallest absolute Gasteiger partial charge is 0.417 e. The summed E-state index contributed by atoms with van der Waals surface area (Å²) < 4.78 is 10.1. The summed E-state index contributed by atoms with van der Waals surface area (Å²) in [5, 5.41) is 8.69. The van der Waals surface area contributed by atoms with Crippen molar-refractivity contribution in [3.8, 4) is 0 Å². The third-order valence-electron chi connectivity index (χ3n) is 3.50. The van der Waals surface area contributed by atoms with E-state index in [0.29, 0.717) is 12.8 Å². The molecule has 1 heterocycles. The number of carboxylic acids is 1. The van der Waals surface area contributed by atoms with Crippen molar-refractivity contribution in [2.45, 2.75) is 65.0 Å².